The first kappa shape index (κ1) is 23.1. The van der Waals surface area contributed by atoms with Crippen molar-refractivity contribution in [3.8, 4) is 5.75 Å². The van der Waals surface area contributed by atoms with E-state index in [1.165, 1.54) is 62.7 Å². The number of hydrogen-bond acceptors (Lipinski definition) is 6. The molecule has 1 atom stereocenters. The van der Waals surface area contributed by atoms with Gasteiger partial charge < -0.3 is 10.5 Å². The first-order chi connectivity index (χ1) is 14.0. The quantitative estimate of drug-likeness (QED) is 0.569. The second kappa shape index (κ2) is 9.08. The highest BCUT2D eigenvalue weighted by Gasteiger charge is 2.49. The highest BCUT2D eigenvalue weighted by atomic mass is 32.2. The summed E-state index contributed by atoms with van der Waals surface area (Å²) >= 11 is 0. The molecule has 0 fully saturated rings. The molecule has 0 aliphatic carbocycles. The van der Waals surface area contributed by atoms with Crippen LogP contribution in [0.3, 0.4) is 0 Å². The van der Waals surface area contributed by atoms with Gasteiger partial charge in [0.1, 0.15) is 5.75 Å². The third-order valence-corrected chi connectivity index (χ3v) is 5.59. The number of allylic oxidation sites excluding steroid dienone is 2. The lowest BCUT2D eigenvalue weighted by atomic mass is 9.83. The first-order valence-electron chi connectivity index (χ1n) is 8.75. The van der Waals surface area contributed by atoms with Gasteiger partial charge in [-0.05, 0) is 36.3 Å². The van der Waals surface area contributed by atoms with Crippen molar-refractivity contribution in [1.29, 1.82) is 0 Å². The van der Waals surface area contributed by atoms with E-state index in [4.69, 9.17) is 5.73 Å². The van der Waals surface area contributed by atoms with E-state index >= 15 is 0 Å². The average molecular weight is 440 g/mol. The smallest absolute Gasteiger partial charge is 0.387 e. The topological polar surface area (TPSA) is 114 Å². The Kier molecular flexibility index (Phi) is 6.98. The van der Waals surface area contributed by atoms with Gasteiger partial charge in [-0.3, -0.25) is 14.4 Å². The molecule has 2 rings (SSSR count). The summed E-state index contributed by atoms with van der Waals surface area (Å²) in [4.78, 5) is 18.4. The Morgan fingerprint density at radius 1 is 1.37 bits per heavy atom. The Balaban J connectivity index is 2.35. The fourth-order valence-corrected chi connectivity index (χ4v) is 3.13. The number of hydrogen-bond donors (Lipinski definition) is 2. The number of sulfonamides is 1. The minimum atomic E-state index is -3.38. The molecule has 1 amide bonds. The molecular weight excluding hydrogens is 418 g/mol. The number of ether oxygens (including phenoxy) is 1. The normalized spacial score (nSPS) is 19.7. The SMILES string of the molecule is C=C(/C=C\C=C\NS(=O)(=O)CC)C1(c2ccc(OC(F)F)cc2)N=C(N)N(C)C1=O. The molecule has 1 heterocycles. The van der Waals surface area contributed by atoms with Gasteiger partial charge in [-0.25, -0.2) is 13.4 Å². The summed E-state index contributed by atoms with van der Waals surface area (Å²) in [5, 5.41) is 0. The molecule has 1 aromatic carbocycles. The van der Waals surface area contributed by atoms with Gasteiger partial charge in [0.25, 0.3) is 5.91 Å². The molecule has 0 saturated heterocycles. The van der Waals surface area contributed by atoms with Gasteiger partial charge in [-0.2, -0.15) is 8.78 Å². The van der Waals surface area contributed by atoms with Gasteiger partial charge in [0.2, 0.25) is 10.0 Å². The second-order valence-corrected chi connectivity index (χ2v) is 8.25. The van der Waals surface area contributed by atoms with Crippen LogP contribution in [0.5, 0.6) is 5.75 Å². The molecule has 1 unspecified atom stereocenters. The van der Waals surface area contributed by atoms with Crippen molar-refractivity contribution in [2.75, 3.05) is 12.8 Å². The predicted octanol–water partition coefficient (Wildman–Crippen LogP) is 1.84. The number of rotatable bonds is 9. The summed E-state index contributed by atoms with van der Waals surface area (Å²) < 4.78 is 54.2. The number of nitrogens with one attached hydrogen (secondary N) is 1. The molecule has 0 bridgehead atoms. The molecule has 0 spiro atoms. The maximum absolute atomic E-state index is 13.0. The number of guanidine groups is 1. The number of alkyl halides is 2. The van der Waals surface area contributed by atoms with E-state index in [2.05, 4.69) is 21.0 Å². The Labute approximate surface area is 173 Å². The lowest BCUT2D eigenvalue weighted by Crippen LogP contribution is -2.41. The molecule has 3 N–H and O–H groups in total. The zero-order valence-electron chi connectivity index (χ0n) is 16.4. The number of carbonyl (C=O) groups excluding carboxylic acids is 1. The van der Waals surface area contributed by atoms with E-state index < -0.39 is 28.1 Å². The van der Waals surface area contributed by atoms with Crippen LogP contribution in [0.2, 0.25) is 0 Å². The molecule has 1 aliphatic rings. The Morgan fingerprint density at radius 2 is 2.00 bits per heavy atom. The molecule has 8 nitrogen and oxygen atoms in total. The monoisotopic (exact) mass is 440 g/mol. The summed E-state index contributed by atoms with van der Waals surface area (Å²) in [7, 11) is -1.93. The van der Waals surface area contributed by atoms with Crippen molar-refractivity contribution in [3.05, 3.63) is 66.4 Å². The van der Waals surface area contributed by atoms with E-state index in [1.54, 1.807) is 0 Å². The molecule has 1 aliphatic heterocycles. The van der Waals surface area contributed by atoms with E-state index in [0.717, 1.165) is 4.90 Å². The molecule has 162 valence electrons. The summed E-state index contributed by atoms with van der Waals surface area (Å²) in [6, 6.07) is 5.43. The number of amides is 1. The fourth-order valence-electron chi connectivity index (χ4n) is 2.68. The maximum atomic E-state index is 13.0. The van der Waals surface area contributed by atoms with Crippen LogP contribution >= 0.6 is 0 Å². The standard InChI is InChI=1S/C19H22F2N4O4S/c1-4-30(27,28)23-12-6-5-7-13(2)19(16(26)25(3)18(22)24-19)14-8-10-15(11-9-14)29-17(20)21/h5-12,17,23H,2,4H2,1,3H3,(H2,22,24)/b7-5-,12-6+. The summed E-state index contributed by atoms with van der Waals surface area (Å²) in [5.74, 6) is -0.662. The van der Waals surface area contributed by atoms with Crippen LogP contribution in [0.4, 0.5) is 8.78 Å². The van der Waals surface area contributed by atoms with Gasteiger partial charge in [-0.15, -0.1) is 0 Å². The van der Waals surface area contributed by atoms with E-state index in [1.807, 2.05) is 0 Å². The third kappa shape index (κ3) is 4.85. The highest BCUT2D eigenvalue weighted by molar-refractivity contribution is 7.89. The number of benzene rings is 1. The number of likely N-dealkylation sites (N-methyl/N-ethyl adjacent to an activating group) is 1. The maximum Gasteiger partial charge on any atom is 0.387 e. The first-order valence-corrected chi connectivity index (χ1v) is 10.4. The molecule has 0 aromatic heterocycles. The average Bonchev–Trinajstić information content (AvgIpc) is 2.92. The minimum Gasteiger partial charge on any atom is -0.435 e. The summed E-state index contributed by atoms with van der Waals surface area (Å²) in [5.41, 5.74) is 4.84. The number of carbonyl (C=O) groups is 1. The predicted molar refractivity (Wildman–Crippen MR) is 109 cm³/mol. The number of nitrogens with two attached hydrogens (primary N) is 1. The Bertz CT molecular complexity index is 1000. The van der Waals surface area contributed by atoms with Crippen molar-refractivity contribution >= 4 is 21.9 Å². The van der Waals surface area contributed by atoms with E-state index in [-0.39, 0.29) is 23.0 Å². The van der Waals surface area contributed by atoms with Crippen LogP contribution in [0, 0.1) is 0 Å². The van der Waals surface area contributed by atoms with Crippen LogP contribution in [0.1, 0.15) is 12.5 Å². The third-order valence-electron chi connectivity index (χ3n) is 4.33. The van der Waals surface area contributed by atoms with Crippen molar-refractivity contribution in [2.24, 2.45) is 10.7 Å². The summed E-state index contributed by atoms with van der Waals surface area (Å²) in [6.45, 7) is 2.44. The van der Waals surface area contributed by atoms with Crippen LogP contribution in [-0.2, 0) is 20.4 Å². The fraction of sp³-hybridized carbons (Fsp3) is 0.263. The van der Waals surface area contributed by atoms with Crippen LogP contribution in [-0.4, -0.2) is 44.6 Å². The molecule has 1 aromatic rings. The van der Waals surface area contributed by atoms with Crippen molar-refractivity contribution < 1.29 is 26.7 Å². The van der Waals surface area contributed by atoms with Crippen molar-refractivity contribution in [2.45, 2.75) is 19.1 Å². The van der Waals surface area contributed by atoms with Crippen LogP contribution in [0.25, 0.3) is 0 Å². The Morgan fingerprint density at radius 3 is 2.50 bits per heavy atom. The molecule has 30 heavy (non-hydrogen) atoms. The van der Waals surface area contributed by atoms with E-state index in [9.17, 15) is 22.0 Å². The van der Waals surface area contributed by atoms with Crippen molar-refractivity contribution in [1.82, 2.24) is 9.62 Å². The number of aliphatic imine (C=N–C) groups is 1. The summed E-state index contributed by atoms with van der Waals surface area (Å²) in [6.07, 6.45) is 5.61. The van der Waals surface area contributed by atoms with Gasteiger partial charge in [0.05, 0.1) is 5.75 Å². The lowest BCUT2D eigenvalue weighted by Gasteiger charge is -2.26. The zero-order valence-corrected chi connectivity index (χ0v) is 17.2. The van der Waals surface area contributed by atoms with Gasteiger partial charge >= 0.3 is 6.61 Å². The lowest BCUT2D eigenvalue weighted by molar-refractivity contribution is -0.129. The zero-order chi connectivity index (χ0) is 22.5. The molecule has 0 saturated carbocycles. The van der Waals surface area contributed by atoms with Crippen LogP contribution < -0.4 is 15.2 Å². The second-order valence-electron chi connectivity index (χ2n) is 6.21. The highest BCUT2D eigenvalue weighted by Crippen LogP contribution is 2.39. The molecule has 11 heteroatoms. The van der Waals surface area contributed by atoms with Gasteiger partial charge in [0.15, 0.2) is 11.5 Å². The molecule has 0 radical (unpaired) electrons. The van der Waals surface area contributed by atoms with Crippen LogP contribution in [0.15, 0.2) is 65.8 Å². The number of halogens is 2. The largest absolute Gasteiger partial charge is 0.435 e. The van der Waals surface area contributed by atoms with Crippen molar-refractivity contribution in [3.63, 3.8) is 0 Å². The minimum absolute atomic E-state index is 0.0336. The van der Waals surface area contributed by atoms with Gasteiger partial charge in [0, 0.05) is 13.2 Å². The van der Waals surface area contributed by atoms with Gasteiger partial charge in [-0.1, -0.05) is 30.9 Å². The Hall–Kier alpha value is -3.21. The number of nitrogens with zero attached hydrogens (tertiary/aromatic N) is 2. The molecular formula is C19H22F2N4O4S. The van der Waals surface area contributed by atoms with E-state index in [0.29, 0.717) is 5.56 Å².